The zero-order valence-corrected chi connectivity index (χ0v) is 15.8. The van der Waals surface area contributed by atoms with Crippen molar-refractivity contribution in [2.75, 3.05) is 31.6 Å². The van der Waals surface area contributed by atoms with Crippen LogP contribution in [0.4, 0.5) is 0 Å². The lowest BCUT2D eigenvalue weighted by Crippen LogP contribution is -2.56. The number of fused-ring (bicyclic) bond motifs is 1. The number of hydrogen-bond acceptors (Lipinski definition) is 5. The Kier molecular flexibility index (Phi) is 4.87. The lowest BCUT2D eigenvalue weighted by Gasteiger charge is -2.38. The zero-order valence-electron chi connectivity index (χ0n) is 14.1. The second-order valence-corrected chi connectivity index (χ2v) is 11.7. The van der Waals surface area contributed by atoms with E-state index in [-0.39, 0.29) is 18.2 Å². The number of nitrogens with zero attached hydrogens (tertiary/aromatic N) is 2. The van der Waals surface area contributed by atoms with Crippen LogP contribution >= 0.6 is 0 Å². The average molecular weight is 367 g/mol. The fourth-order valence-electron chi connectivity index (χ4n) is 3.43. The van der Waals surface area contributed by atoms with Crippen molar-refractivity contribution in [3.63, 3.8) is 0 Å². The quantitative estimate of drug-likeness (QED) is 0.655. The zero-order chi connectivity index (χ0) is 17.6. The van der Waals surface area contributed by atoms with Crippen LogP contribution in [0.15, 0.2) is 0 Å². The van der Waals surface area contributed by atoms with Gasteiger partial charge in [0.25, 0.3) is 0 Å². The monoisotopic (exact) mass is 366 g/mol. The van der Waals surface area contributed by atoms with Gasteiger partial charge >= 0.3 is 0 Å². The molecular formula is C14H26N2O5S2. The van der Waals surface area contributed by atoms with E-state index in [2.05, 4.69) is 0 Å². The lowest BCUT2D eigenvalue weighted by atomic mass is 9.94. The fourth-order valence-corrected chi connectivity index (χ4v) is 6.77. The number of likely N-dealkylation sites (tertiary alicyclic amines) is 1. The third kappa shape index (κ3) is 3.88. The molecule has 0 N–H and O–H groups in total. The summed E-state index contributed by atoms with van der Waals surface area (Å²) < 4.78 is 50.1. The van der Waals surface area contributed by atoms with Crippen LogP contribution < -0.4 is 0 Å². The van der Waals surface area contributed by atoms with E-state index in [1.54, 1.807) is 4.90 Å². The number of carbonyl (C=O) groups is 1. The van der Waals surface area contributed by atoms with Crippen molar-refractivity contribution in [1.29, 1.82) is 0 Å². The maximum atomic E-state index is 12.5. The van der Waals surface area contributed by atoms with Crippen molar-refractivity contribution < 1.29 is 21.6 Å². The van der Waals surface area contributed by atoms with E-state index in [4.69, 9.17) is 0 Å². The first-order chi connectivity index (χ1) is 10.3. The minimum atomic E-state index is -3.46. The Morgan fingerprint density at radius 2 is 1.65 bits per heavy atom. The van der Waals surface area contributed by atoms with E-state index >= 15 is 0 Å². The summed E-state index contributed by atoms with van der Waals surface area (Å²) in [6.07, 6.45) is 1.77. The van der Waals surface area contributed by atoms with Crippen LogP contribution in [-0.4, -0.2) is 74.9 Å². The highest BCUT2D eigenvalue weighted by atomic mass is 32.2. The molecule has 9 heteroatoms. The number of sulfonamides is 1. The first kappa shape index (κ1) is 18.7. The number of sulfone groups is 1. The molecular weight excluding hydrogens is 340 g/mol. The minimum Gasteiger partial charge on any atom is -0.342 e. The maximum Gasteiger partial charge on any atom is 0.227 e. The van der Waals surface area contributed by atoms with Gasteiger partial charge in [-0.15, -0.1) is 0 Å². The van der Waals surface area contributed by atoms with Gasteiger partial charge < -0.3 is 4.90 Å². The Morgan fingerprint density at radius 3 is 2.17 bits per heavy atom. The summed E-state index contributed by atoms with van der Waals surface area (Å²) >= 11 is 0. The highest BCUT2D eigenvalue weighted by Gasteiger charge is 2.46. The normalized spacial score (nSPS) is 29.7. The molecule has 0 aliphatic carbocycles. The summed E-state index contributed by atoms with van der Waals surface area (Å²) in [6, 6.07) is -0.568. The molecule has 23 heavy (non-hydrogen) atoms. The number of amides is 1. The van der Waals surface area contributed by atoms with Crippen molar-refractivity contribution in [3.8, 4) is 0 Å². The molecule has 0 aromatic carbocycles. The van der Waals surface area contributed by atoms with Crippen molar-refractivity contribution in [2.24, 2.45) is 5.41 Å². The molecule has 2 aliphatic rings. The van der Waals surface area contributed by atoms with Gasteiger partial charge in [0.15, 0.2) is 9.84 Å². The second kappa shape index (κ2) is 6.00. The summed E-state index contributed by atoms with van der Waals surface area (Å²) in [7, 11) is -6.79. The molecule has 1 amide bonds. The molecule has 2 aliphatic heterocycles. The molecule has 0 saturated carbocycles. The van der Waals surface area contributed by atoms with E-state index in [9.17, 15) is 21.6 Å². The van der Waals surface area contributed by atoms with E-state index in [0.29, 0.717) is 25.9 Å². The standard InChI is InChI=1S/C14H26N2O5S2/c1-14(2,3)13(17)15-7-5-11-12(6-8-15)23(20,21)10-9-16(11)22(4,18)19/h11-12H,5-10H2,1-4H3/t11-,12+/m0/s1. The van der Waals surface area contributed by atoms with Crippen molar-refractivity contribution >= 4 is 25.8 Å². The molecule has 2 fully saturated rings. The van der Waals surface area contributed by atoms with Crippen LogP contribution in [-0.2, 0) is 24.7 Å². The van der Waals surface area contributed by atoms with Gasteiger partial charge in [-0.3, -0.25) is 4.79 Å². The molecule has 0 aromatic rings. The Labute approximate surface area is 139 Å². The maximum absolute atomic E-state index is 12.5. The predicted molar refractivity (Wildman–Crippen MR) is 88.2 cm³/mol. The fraction of sp³-hybridized carbons (Fsp3) is 0.929. The lowest BCUT2D eigenvalue weighted by molar-refractivity contribution is -0.139. The second-order valence-electron chi connectivity index (χ2n) is 7.47. The Bertz CT molecular complexity index is 678. The van der Waals surface area contributed by atoms with Gasteiger partial charge in [0, 0.05) is 31.1 Å². The van der Waals surface area contributed by atoms with E-state index in [0.717, 1.165) is 6.26 Å². The molecule has 2 rings (SSSR count). The number of hydrogen-bond donors (Lipinski definition) is 0. The molecule has 0 unspecified atom stereocenters. The van der Waals surface area contributed by atoms with Gasteiger partial charge in [-0.05, 0) is 12.8 Å². The van der Waals surface area contributed by atoms with Gasteiger partial charge in [0.1, 0.15) is 0 Å². The highest BCUT2D eigenvalue weighted by molar-refractivity contribution is 7.92. The largest absolute Gasteiger partial charge is 0.342 e. The minimum absolute atomic E-state index is 0.00947. The molecule has 2 heterocycles. The molecule has 2 saturated heterocycles. The molecule has 0 spiro atoms. The smallest absolute Gasteiger partial charge is 0.227 e. The Balaban J connectivity index is 2.30. The van der Waals surface area contributed by atoms with Gasteiger partial charge in [0.2, 0.25) is 15.9 Å². The highest BCUT2D eigenvalue weighted by Crippen LogP contribution is 2.30. The third-order valence-corrected chi connectivity index (χ3v) is 8.12. The average Bonchev–Trinajstić information content (AvgIpc) is 2.58. The molecule has 134 valence electrons. The van der Waals surface area contributed by atoms with Crippen LogP contribution in [0.1, 0.15) is 33.6 Å². The summed E-state index contributed by atoms with van der Waals surface area (Å²) in [5.74, 6) is -0.173. The molecule has 0 aromatic heterocycles. The number of carbonyl (C=O) groups excluding carboxylic acids is 1. The first-order valence-corrected chi connectivity index (χ1v) is 11.4. The van der Waals surface area contributed by atoms with Crippen LogP contribution in [0.5, 0.6) is 0 Å². The van der Waals surface area contributed by atoms with Crippen molar-refractivity contribution in [3.05, 3.63) is 0 Å². The third-order valence-electron chi connectivity index (χ3n) is 4.59. The van der Waals surface area contributed by atoms with Crippen LogP contribution in [0, 0.1) is 5.41 Å². The van der Waals surface area contributed by atoms with Crippen molar-refractivity contribution in [2.45, 2.75) is 44.9 Å². The van der Waals surface area contributed by atoms with E-state index < -0.39 is 36.6 Å². The van der Waals surface area contributed by atoms with Crippen molar-refractivity contribution in [1.82, 2.24) is 9.21 Å². The van der Waals surface area contributed by atoms with Gasteiger partial charge in [-0.25, -0.2) is 16.8 Å². The van der Waals surface area contributed by atoms with Crippen LogP contribution in [0.2, 0.25) is 0 Å². The summed E-state index contributed by atoms with van der Waals surface area (Å²) in [4.78, 5) is 14.1. The van der Waals surface area contributed by atoms with Gasteiger partial charge in [-0.1, -0.05) is 20.8 Å². The van der Waals surface area contributed by atoms with E-state index in [1.807, 2.05) is 20.8 Å². The summed E-state index contributed by atoms with van der Waals surface area (Å²) in [5, 5.41) is -0.719. The van der Waals surface area contributed by atoms with Gasteiger partial charge in [0.05, 0.1) is 17.3 Å². The Hall–Kier alpha value is -0.670. The van der Waals surface area contributed by atoms with Crippen LogP contribution in [0.3, 0.4) is 0 Å². The summed E-state index contributed by atoms with van der Waals surface area (Å²) in [5.41, 5.74) is -0.537. The molecule has 2 atom stereocenters. The summed E-state index contributed by atoms with van der Waals surface area (Å²) in [6.45, 7) is 6.23. The number of rotatable bonds is 1. The topological polar surface area (TPSA) is 91.8 Å². The van der Waals surface area contributed by atoms with Gasteiger partial charge in [-0.2, -0.15) is 4.31 Å². The SMILES string of the molecule is CC(C)(C)C(=O)N1CC[C@@H]2[C@H](CC1)N(S(C)(=O)=O)CCS2(=O)=O. The molecule has 0 radical (unpaired) electrons. The molecule has 7 nitrogen and oxygen atoms in total. The van der Waals surface area contributed by atoms with Crippen LogP contribution in [0.25, 0.3) is 0 Å². The van der Waals surface area contributed by atoms with E-state index in [1.165, 1.54) is 4.31 Å². The first-order valence-electron chi connectivity index (χ1n) is 7.82. The predicted octanol–water partition coefficient (Wildman–Crippen LogP) is 0.0821. The Morgan fingerprint density at radius 1 is 1.09 bits per heavy atom. The molecule has 0 bridgehead atoms.